The van der Waals surface area contributed by atoms with Gasteiger partial charge in [-0.3, -0.25) is 4.79 Å². The standard InChI is InChI=1S/C21H23N3O2/c1-16-23-19-9-3-4-10-20(19)24(16)14-6-13-22-21(25)12-11-17-7-5-8-18(15-17)26-2/h3-5,7-12,15H,6,13-14H2,1-2H3,(H,22,25)/b12-11+. The lowest BCUT2D eigenvalue weighted by Crippen LogP contribution is -2.23. The molecule has 3 rings (SSSR count). The third-order valence-electron chi connectivity index (χ3n) is 4.22. The van der Waals surface area contributed by atoms with Crippen LogP contribution in [0.25, 0.3) is 17.1 Å². The number of aromatic nitrogens is 2. The number of imidazole rings is 1. The normalized spacial score (nSPS) is 11.2. The maximum atomic E-state index is 12.0. The highest BCUT2D eigenvalue weighted by Crippen LogP contribution is 2.16. The van der Waals surface area contributed by atoms with Crippen LogP contribution in [0.2, 0.25) is 0 Å². The monoisotopic (exact) mass is 349 g/mol. The summed E-state index contributed by atoms with van der Waals surface area (Å²) in [7, 11) is 1.63. The molecule has 1 aromatic heterocycles. The first-order valence-corrected chi connectivity index (χ1v) is 8.69. The second-order valence-electron chi connectivity index (χ2n) is 6.05. The number of ether oxygens (including phenoxy) is 1. The first-order valence-electron chi connectivity index (χ1n) is 8.69. The molecule has 134 valence electrons. The van der Waals surface area contributed by atoms with Crippen molar-refractivity contribution in [2.45, 2.75) is 19.9 Å². The molecule has 1 heterocycles. The Bertz CT molecular complexity index is 928. The maximum absolute atomic E-state index is 12.0. The van der Waals surface area contributed by atoms with Gasteiger partial charge in [-0.2, -0.15) is 0 Å². The second kappa shape index (κ2) is 8.34. The lowest BCUT2D eigenvalue weighted by molar-refractivity contribution is -0.116. The number of benzene rings is 2. The molecule has 2 aromatic carbocycles. The van der Waals surface area contributed by atoms with Gasteiger partial charge in [-0.05, 0) is 49.2 Å². The molecule has 0 atom stereocenters. The molecule has 1 amide bonds. The van der Waals surface area contributed by atoms with Gasteiger partial charge in [0.15, 0.2) is 0 Å². The van der Waals surface area contributed by atoms with Crippen LogP contribution in [-0.4, -0.2) is 29.1 Å². The largest absolute Gasteiger partial charge is 0.497 e. The topological polar surface area (TPSA) is 56.1 Å². The molecule has 0 unspecified atom stereocenters. The zero-order valence-electron chi connectivity index (χ0n) is 15.1. The average molecular weight is 349 g/mol. The Balaban J connectivity index is 1.49. The highest BCUT2D eigenvalue weighted by molar-refractivity contribution is 5.91. The van der Waals surface area contributed by atoms with Crippen molar-refractivity contribution in [3.05, 3.63) is 66.0 Å². The van der Waals surface area contributed by atoms with Gasteiger partial charge in [0.25, 0.3) is 0 Å². The Kier molecular flexibility index (Phi) is 5.69. The molecule has 0 aliphatic carbocycles. The highest BCUT2D eigenvalue weighted by Gasteiger charge is 2.06. The minimum Gasteiger partial charge on any atom is -0.497 e. The van der Waals surface area contributed by atoms with E-state index in [4.69, 9.17) is 4.74 Å². The van der Waals surface area contributed by atoms with E-state index in [1.807, 2.05) is 49.4 Å². The van der Waals surface area contributed by atoms with Crippen LogP contribution in [0, 0.1) is 6.92 Å². The molecule has 3 aromatic rings. The fraction of sp³-hybridized carbons (Fsp3) is 0.238. The molecule has 26 heavy (non-hydrogen) atoms. The third kappa shape index (κ3) is 4.30. The predicted octanol–water partition coefficient (Wildman–Crippen LogP) is 3.57. The highest BCUT2D eigenvalue weighted by atomic mass is 16.5. The van der Waals surface area contributed by atoms with Crippen molar-refractivity contribution in [2.24, 2.45) is 0 Å². The smallest absolute Gasteiger partial charge is 0.244 e. The number of carbonyl (C=O) groups is 1. The minimum absolute atomic E-state index is 0.0972. The summed E-state index contributed by atoms with van der Waals surface area (Å²) < 4.78 is 7.36. The Hall–Kier alpha value is -3.08. The number of amides is 1. The van der Waals surface area contributed by atoms with E-state index in [1.165, 1.54) is 0 Å². The summed E-state index contributed by atoms with van der Waals surface area (Å²) in [5, 5.41) is 2.92. The molecule has 0 radical (unpaired) electrons. The molecule has 0 fully saturated rings. The van der Waals surface area contributed by atoms with Crippen molar-refractivity contribution in [1.29, 1.82) is 0 Å². The first kappa shape index (κ1) is 17.7. The van der Waals surface area contributed by atoms with Gasteiger partial charge in [0.1, 0.15) is 11.6 Å². The van der Waals surface area contributed by atoms with Gasteiger partial charge in [0.2, 0.25) is 5.91 Å². The molecule has 0 saturated carbocycles. The SMILES string of the molecule is COc1cccc(/C=C/C(=O)NCCCn2c(C)nc3ccccc32)c1. The number of carbonyl (C=O) groups excluding carboxylic acids is 1. The Morgan fingerprint density at radius 2 is 2.08 bits per heavy atom. The van der Waals surface area contributed by atoms with Crippen LogP contribution in [-0.2, 0) is 11.3 Å². The lowest BCUT2D eigenvalue weighted by Gasteiger charge is -2.07. The summed E-state index contributed by atoms with van der Waals surface area (Å²) in [6, 6.07) is 15.7. The molecule has 1 N–H and O–H groups in total. The number of aryl methyl sites for hydroxylation is 2. The van der Waals surface area contributed by atoms with Crippen LogP contribution in [0.5, 0.6) is 5.75 Å². The van der Waals surface area contributed by atoms with E-state index < -0.39 is 0 Å². The molecule has 0 aliphatic rings. The quantitative estimate of drug-likeness (QED) is 0.524. The van der Waals surface area contributed by atoms with E-state index in [1.54, 1.807) is 19.3 Å². The number of nitrogens with one attached hydrogen (secondary N) is 1. The first-order chi connectivity index (χ1) is 12.7. The predicted molar refractivity (Wildman–Crippen MR) is 104 cm³/mol. The lowest BCUT2D eigenvalue weighted by atomic mass is 10.2. The van der Waals surface area contributed by atoms with E-state index in [0.717, 1.165) is 41.1 Å². The van der Waals surface area contributed by atoms with E-state index in [-0.39, 0.29) is 5.91 Å². The molecule has 5 heteroatoms. The number of fused-ring (bicyclic) bond motifs is 1. The summed E-state index contributed by atoms with van der Waals surface area (Å²) in [5.74, 6) is 1.67. The van der Waals surface area contributed by atoms with Gasteiger partial charge in [0, 0.05) is 19.2 Å². The summed E-state index contributed by atoms with van der Waals surface area (Å²) in [6.07, 6.45) is 4.18. The zero-order chi connectivity index (χ0) is 18.4. The van der Waals surface area contributed by atoms with E-state index in [9.17, 15) is 4.79 Å². The Morgan fingerprint density at radius 1 is 1.23 bits per heavy atom. The summed E-state index contributed by atoms with van der Waals surface area (Å²) in [5.41, 5.74) is 3.07. The van der Waals surface area contributed by atoms with Crippen LogP contribution in [0.4, 0.5) is 0 Å². The fourth-order valence-corrected chi connectivity index (χ4v) is 2.90. The van der Waals surface area contributed by atoms with Crippen LogP contribution >= 0.6 is 0 Å². The molecular weight excluding hydrogens is 326 g/mol. The second-order valence-corrected chi connectivity index (χ2v) is 6.05. The van der Waals surface area contributed by atoms with Gasteiger partial charge in [-0.15, -0.1) is 0 Å². The van der Waals surface area contributed by atoms with E-state index in [0.29, 0.717) is 6.54 Å². The van der Waals surface area contributed by atoms with Crippen molar-refractivity contribution in [3.8, 4) is 5.75 Å². The number of nitrogens with zero attached hydrogens (tertiary/aromatic N) is 2. The van der Waals surface area contributed by atoms with Gasteiger partial charge >= 0.3 is 0 Å². The van der Waals surface area contributed by atoms with Crippen LogP contribution in [0.15, 0.2) is 54.6 Å². The van der Waals surface area contributed by atoms with Gasteiger partial charge < -0.3 is 14.6 Å². The fourth-order valence-electron chi connectivity index (χ4n) is 2.90. The van der Waals surface area contributed by atoms with Crippen molar-refractivity contribution in [1.82, 2.24) is 14.9 Å². The van der Waals surface area contributed by atoms with Gasteiger partial charge in [-0.1, -0.05) is 24.3 Å². The van der Waals surface area contributed by atoms with Crippen LogP contribution < -0.4 is 10.1 Å². The van der Waals surface area contributed by atoms with Crippen molar-refractivity contribution in [3.63, 3.8) is 0 Å². The summed E-state index contributed by atoms with van der Waals surface area (Å²) >= 11 is 0. The van der Waals surface area contributed by atoms with Crippen LogP contribution in [0.3, 0.4) is 0 Å². The Labute approximate surface area is 153 Å². The average Bonchev–Trinajstić information content (AvgIpc) is 2.99. The molecule has 0 bridgehead atoms. The third-order valence-corrected chi connectivity index (χ3v) is 4.22. The molecule has 0 aliphatic heterocycles. The minimum atomic E-state index is -0.0972. The molecule has 0 saturated heterocycles. The maximum Gasteiger partial charge on any atom is 0.244 e. The summed E-state index contributed by atoms with van der Waals surface area (Å²) in [4.78, 5) is 16.5. The van der Waals surface area contributed by atoms with Crippen molar-refractivity contribution < 1.29 is 9.53 Å². The van der Waals surface area contributed by atoms with E-state index in [2.05, 4.69) is 20.9 Å². The van der Waals surface area contributed by atoms with Gasteiger partial charge in [0.05, 0.1) is 18.1 Å². The van der Waals surface area contributed by atoms with Crippen molar-refractivity contribution in [2.75, 3.05) is 13.7 Å². The zero-order valence-corrected chi connectivity index (χ0v) is 15.1. The van der Waals surface area contributed by atoms with Crippen LogP contribution in [0.1, 0.15) is 17.8 Å². The summed E-state index contributed by atoms with van der Waals surface area (Å²) in [6.45, 7) is 3.45. The Morgan fingerprint density at radius 3 is 2.92 bits per heavy atom. The van der Waals surface area contributed by atoms with Crippen molar-refractivity contribution >= 4 is 23.0 Å². The van der Waals surface area contributed by atoms with E-state index >= 15 is 0 Å². The number of methoxy groups -OCH3 is 1. The number of rotatable bonds is 7. The van der Waals surface area contributed by atoms with Gasteiger partial charge in [-0.25, -0.2) is 4.98 Å². The number of para-hydroxylation sites is 2. The molecular formula is C21H23N3O2. The molecule has 0 spiro atoms. The number of hydrogen-bond donors (Lipinski definition) is 1. The number of hydrogen-bond acceptors (Lipinski definition) is 3. The molecule has 5 nitrogen and oxygen atoms in total.